The second kappa shape index (κ2) is 4.11. The van der Waals surface area contributed by atoms with Crippen molar-refractivity contribution in [1.82, 2.24) is 6.23 Å². The van der Waals surface area contributed by atoms with E-state index in [1.807, 2.05) is 22.9 Å². The molecule has 0 bridgehead atoms. The topological polar surface area (TPSA) is 40.6 Å². The molecule has 0 aromatic carbocycles. The second-order valence-corrected chi connectivity index (χ2v) is 5.71. The lowest BCUT2D eigenvalue weighted by Gasteiger charge is -2.19. The first-order valence-corrected chi connectivity index (χ1v) is 6.54. The van der Waals surface area contributed by atoms with Gasteiger partial charge in [0, 0.05) is 0 Å². The van der Waals surface area contributed by atoms with Crippen LogP contribution in [-0.2, 0) is 4.79 Å². The summed E-state index contributed by atoms with van der Waals surface area (Å²) in [7, 11) is 0. The lowest BCUT2D eigenvalue weighted by Crippen LogP contribution is -2.33. The molecular weight excluding hydrogens is 410 g/mol. The van der Waals surface area contributed by atoms with E-state index in [9.17, 15) is 9.59 Å². The molecule has 1 aliphatic carbocycles. The van der Waals surface area contributed by atoms with E-state index in [4.69, 9.17) is 0 Å². The third-order valence-electron chi connectivity index (χ3n) is 2.89. The molecule has 1 heterocycles. The van der Waals surface area contributed by atoms with E-state index in [2.05, 4.69) is 0 Å². The Labute approximate surface area is 110 Å². The molecule has 1 atom stereocenters. The van der Waals surface area contributed by atoms with Crippen molar-refractivity contribution in [1.29, 1.82) is 0 Å². The molecule has 14 heavy (non-hydrogen) atoms. The maximum Gasteiger partial charge on any atom is 0.345 e. The van der Waals surface area contributed by atoms with Crippen LogP contribution in [0.5, 0.6) is 0 Å². The van der Waals surface area contributed by atoms with Crippen molar-refractivity contribution in [2.75, 3.05) is 0 Å². The molecule has 0 spiro atoms. The Hall–Kier alpha value is 0.400. The van der Waals surface area contributed by atoms with Gasteiger partial charge in [-0.05, 0) is 18.8 Å². The van der Waals surface area contributed by atoms with Crippen molar-refractivity contribution in [3.05, 3.63) is 0 Å². The minimum atomic E-state index is -0.206. The standard InChI is InChI=1S/C8H10I2N2O2/c9-11-6(5-3-1-2-4-5)7(13)12(10)8(11)14/h5-6H,1-4H2. The number of hydrogen-bond donors (Lipinski definition) is 0. The molecule has 0 aromatic heterocycles. The zero-order valence-electron chi connectivity index (χ0n) is 7.45. The van der Waals surface area contributed by atoms with Gasteiger partial charge in [-0.15, -0.1) is 0 Å². The maximum absolute atomic E-state index is 11.8. The monoisotopic (exact) mass is 420 g/mol. The predicted octanol–water partition coefficient (Wildman–Crippen LogP) is 2.51. The number of halogens is 2. The largest absolute Gasteiger partial charge is 0.345 e. The van der Waals surface area contributed by atoms with E-state index in [1.165, 1.54) is 16.0 Å². The Morgan fingerprint density at radius 1 is 1.14 bits per heavy atom. The van der Waals surface area contributed by atoms with E-state index in [-0.39, 0.29) is 18.0 Å². The van der Waals surface area contributed by atoms with Gasteiger partial charge in [-0.3, -0.25) is 7.91 Å². The van der Waals surface area contributed by atoms with Crippen LogP contribution in [-0.4, -0.2) is 24.2 Å². The van der Waals surface area contributed by atoms with Crippen LogP contribution in [0.3, 0.4) is 0 Å². The molecule has 4 nitrogen and oxygen atoms in total. The molecule has 2 aliphatic rings. The van der Waals surface area contributed by atoms with Crippen LogP contribution < -0.4 is 0 Å². The highest BCUT2D eigenvalue weighted by molar-refractivity contribution is 14.1. The number of carbonyl (C=O) groups is 2. The van der Waals surface area contributed by atoms with Gasteiger partial charge in [-0.2, -0.15) is 3.11 Å². The molecule has 2 rings (SSSR count). The van der Waals surface area contributed by atoms with Crippen molar-refractivity contribution >= 4 is 57.7 Å². The van der Waals surface area contributed by atoms with E-state index >= 15 is 0 Å². The Bertz CT molecular complexity index is 279. The van der Waals surface area contributed by atoms with Gasteiger partial charge in [0.1, 0.15) is 6.04 Å². The van der Waals surface area contributed by atoms with Crippen molar-refractivity contribution < 1.29 is 9.59 Å². The summed E-state index contributed by atoms with van der Waals surface area (Å²) in [6.07, 6.45) is 4.53. The molecule has 0 aromatic rings. The molecule has 78 valence electrons. The van der Waals surface area contributed by atoms with E-state index < -0.39 is 0 Å². The minimum Gasteiger partial charge on any atom is -0.271 e. The Kier molecular flexibility index (Phi) is 3.20. The highest BCUT2D eigenvalue weighted by Gasteiger charge is 2.47. The van der Waals surface area contributed by atoms with Gasteiger partial charge in [0.25, 0.3) is 5.91 Å². The van der Waals surface area contributed by atoms with E-state index in [1.54, 1.807) is 26.0 Å². The average Bonchev–Trinajstić information content (AvgIpc) is 2.73. The van der Waals surface area contributed by atoms with Crippen LogP contribution >= 0.6 is 45.7 Å². The van der Waals surface area contributed by atoms with Gasteiger partial charge in [-0.25, -0.2) is 4.79 Å². The molecular formula is C8H10I2N2O2. The summed E-state index contributed by atoms with van der Waals surface area (Å²) in [6.45, 7) is 0. The fraction of sp³-hybridized carbons (Fsp3) is 0.750. The highest BCUT2D eigenvalue weighted by Crippen LogP contribution is 2.37. The zero-order chi connectivity index (χ0) is 10.3. The second-order valence-electron chi connectivity index (χ2n) is 3.70. The molecule has 1 saturated heterocycles. The van der Waals surface area contributed by atoms with E-state index in [0.717, 1.165) is 12.8 Å². The Balaban J connectivity index is 2.18. The molecule has 6 heteroatoms. The summed E-state index contributed by atoms with van der Waals surface area (Å²) >= 11 is 3.75. The van der Waals surface area contributed by atoms with Crippen LogP contribution in [0.4, 0.5) is 4.79 Å². The summed E-state index contributed by atoms with van der Waals surface area (Å²) in [5.41, 5.74) is 0. The van der Waals surface area contributed by atoms with E-state index in [0.29, 0.717) is 5.92 Å². The molecule has 1 saturated carbocycles. The van der Waals surface area contributed by atoms with Crippen LogP contribution in [0.25, 0.3) is 0 Å². The average molecular weight is 420 g/mol. The molecule has 1 unspecified atom stereocenters. The normalized spacial score (nSPS) is 29.4. The Morgan fingerprint density at radius 2 is 1.71 bits per heavy atom. The van der Waals surface area contributed by atoms with Crippen molar-refractivity contribution in [2.45, 2.75) is 31.7 Å². The number of carbonyl (C=O) groups excluding carboxylic acids is 2. The van der Waals surface area contributed by atoms with Crippen LogP contribution in [0.15, 0.2) is 0 Å². The molecule has 3 amide bonds. The first-order valence-electron chi connectivity index (χ1n) is 4.61. The van der Waals surface area contributed by atoms with Gasteiger partial charge in [0.15, 0.2) is 0 Å². The number of hydrogen-bond acceptors (Lipinski definition) is 2. The minimum absolute atomic E-state index is 0.0445. The van der Waals surface area contributed by atoms with Gasteiger partial charge >= 0.3 is 6.03 Å². The number of urea groups is 1. The van der Waals surface area contributed by atoms with Crippen molar-refractivity contribution in [3.63, 3.8) is 0 Å². The first kappa shape index (κ1) is 10.9. The van der Waals surface area contributed by atoms with Crippen LogP contribution in [0.1, 0.15) is 25.7 Å². The SMILES string of the molecule is O=C1C(C2CCCC2)N(I)C(=O)N1I. The lowest BCUT2D eigenvalue weighted by atomic mass is 9.99. The van der Waals surface area contributed by atoms with Gasteiger partial charge in [0.05, 0.1) is 45.7 Å². The highest BCUT2D eigenvalue weighted by atomic mass is 127. The molecule has 2 fully saturated rings. The molecule has 0 radical (unpaired) electrons. The lowest BCUT2D eigenvalue weighted by molar-refractivity contribution is -0.124. The quantitative estimate of drug-likeness (QED) is 0.372. The smallest absolute Gasteiger partial charge is 0.271 e. The van der Waals surface area contributed by atoms with Crippen LogP contribution in [0.2, 0.25) is 0 Å². The van der Waals surface area contributed by atoms with Gasteiger partial charge in [0.2, 0.25) is 0 Å². The summed E-state index contributed by atoms with van der Waals surface area (Å²) in [6, 6.07) is -0.393. The third-order valence-corrected chi connectivity index (χ3v) is 4.79. The zero-order valence-corrected chi connectivity index (χ0v) is 11.8. The predicted molar refractivity (Wildman–Crippen MR) is 67.9 cm³/mol. The van der Waals surface area contributed by atoms with Crippen LogP contribution in [0, 0.1) is 5.92 Å². The Morgan fingerprint density at radius 3 is 2.14 bits per heavy atom. The first-order chi connectivity index (χ1) is 6.63. The number of nitrogens with zero attached hydrogens (tertiary/aromatic N) is 2. The summed E-state index contributed by atoms with van der Waals surface area (Å²) < 4.78 is 2.76. The number of rotatable bonds is 1. The fourth-order valence-electron chi connectivity index (χ4n) is 2.17. The van der Waals surface area contributed by atoms with Gasteiger partial charge < -0.3 is 0 Å². The summed E-state index contributed by atoms with van der Waals surface area (Å²) in [5.74, 6) is 0.333. The number of imide groups is 1. The summed E-state index contributed by atoms with van der Waals surface area (Å²) in [4.78, 5) is 23.3. The fourth-order valence-corrected chi connectivity index (χ4v) is 4.01. The number of amides is 3. The van der Waals surface area contributed by atoms with Gasteiger partial charge in [-0.1, -0.05) is 12.8 Å². The molecule has 0 N–H and O–H groups in total. The van der Waals surface area contributed by atoms with Crippen molar-refractivity contribution in [2.24, 2.45) is 5.92 Å². The van der Waals surface area contributed by atoms with Crippen molar-refractivity contribution in [3.8, 4) is 0 Å². The maximum atomic E-state index is 11.8. The summed E-state index contributed by atoms with van der Waals surface area (Å²) in [5, 5.41) is 0. The molecule has 1 aliphatic heterocycles. The third kappa shape index (κ3) is 1.63.